The standard InChI is InChI=1S/C17H11N5O5S/c18-8-12-15(13-5-2-6-27-13)20-17(21-16(12)24)28-9-14(23)19-10-3-1-4-11(7-10)22(25)26/h1-7H,9H2,(H,19,23)(H,20,21,24). The number of nitro benzene ring substituents is 1. The SMILES string of the molecule is N#Cc1c(-c2ccco2)nc(SCC(=O)Nc2cccc([N+](=O)[O-])c2)[nH]c1=O. The van der Waals surface area contributed by atoms with Gasteiger partial charge in [-0.25, -0.2) is 4.98 Å². The van der Waals surface area contributed by atoms with Crippen LogP contribution in [-0.2, 0) is 4.79 Å². The van der Waals surface area contributed by atoms with Gasteiger partial charge in [0.05, 0.1) is 16.9 Å². The maximum absolute atomic E-state index is 12.1. The number of H-pyrrole nitrogens is 1. The van der Waals surface area contributed by atoms with Gasteiger partial charge in [0.1, 0.15) is 17.3 Å². The molecule has 0 bridgehead atoms. The molecule has 0 fully saturated rings. The third kappa shape index (κ3) is 4.25. The predicted molar refractivity (Wildman–Crippen MR) is 99.7 cm³/mol. The molecule has 1 aromatic carbocycles. The van der Waals surface area contributed by atoms with Crippen LogP contribution in [0.4, 0.5) is 11.4 Å². The Kier molecular flexibility index (Phi) is 5.52. The summed E-state index contributed by atoms with van der Waals surface area (Å²) < 4.78 is 5.20. The largest absolute Gasteiger partial charge is 0.463 e. The highest BCUT2D eigenvalue weighted by Crippen LogP contribution is 2.23. The third-order valence-corrected chi connectivity index (χ3v) is 4.32. The number of nitrogens with one attached hydrogen (secondary N) is 2. The number of nitro groups is 1. The van der Waals surface area contributed by atoms with Crippen molar-refractivity contribution in [2.24, 2.45) is 0 Å². The number of aromatic nitrogens is 2. The van der Waals surface area contributed by atoms with E-state index in [1.807, 2.05) is 0 Å². The first-order valence-corrected chi connectivity index (χ1v) is 8.72. The van der Waals surface area contributed by atoms with E-state index in [1.165, 1.54) is 30.5 Å². The van der Waals surface area contributed by atoms with E-state index in [1.54, 1.807) is 18.2 Å². The summed E-state index contributed by atoms with van der Waals surface area (Å²) in [6, 6.07) is 10.5. The van der Waals surface area contributed by atoms with Crippen LogP contribution in [0.1, 0.15) is 5.56 Å². The highest BCUT2D eigenvalue weighted by molar-refractivity contribution is 7.99. The lowest BCUT2D eigenvalue weighted by atomic mass is 10.2. The molecule has 0 aliphatic heterocycles. The topological polar surface area (TPSA) is 155 Å². The van der Waals surface area contributed by atoms with Gasteiger partial charge in [0, 0.05) is 17.8 Å². The first kappa shape index (κ1) is 18.9. The van der Waals surface area contributed by atoms with Gasteiger partial charge in [-0.15, -0.1) is 0 Å². The number of nitrogens with zero attached hydrogens (tertiary/aromatic N) is 3. The van der Waals surface area contributed by atoms with Gasteiger partial charge in [-0.2, -0.15) is 5.26 Å². The number of carbonyl (C=O) groups is 1. The molecule has 0 radical (unpaired) electrons. The molecule has 3 aromatic rings. The fourth-order valence-corrected chi connectivity index (χ4v) is 2.91. The number of non-ortho nitro benzene ring substituents is 1. The number of carbonyl (C=O) groups excluding carboxylic acids is 1. The van der Waals surface area contributed by atoms with E-state index in [0.29, 0.717) is 0 Å². The van der Waals surface area contributed by atoms with E-state index < -0.39 is 16.4 Å². The minimum atomic E-state index is -0.648. The number of benzene rings is 1. The molecule has 0 saturated carbocycles. The van der Waals surface area contributed by atoms with Crippen LogP contribution in [0.2, 0.25) is 0 Å². The average Bonchev–Trinajstić information content (AvgIpc) is 3.20. The molecule has 10 nitrogen and oxygen atoms in total. The zero-order valence-electron chi connectivity index (χ0n) is 14.0. The maximum Gasteiger partial charge on any atom is 0.271 e. The van der Waals surface area contributed by atoms with Gasteiger partial charge < -0.3 is 14.7 Å². The third-order valence-electron chi connectivity index (χ3n) is 3.44. The number of furan rings is 1. The van der Waals surface area contributed by atoms with Gasteiger partial charge in [-0.1, -0.05) is 17.8 Å². The Morgan fingerprint density at radius 1 is 1.39 bits per heavy atom. The Morgan fingerprint density at radius 2 is 2.21 bits per heavy atom. The van der Waals surface area contributed by atoms with Crippen LogP contribution in [0.3, 0.4) is 0 Å². The van der Waals surface area contributed by atoms with Crippen LogP contribution in [0, 0.1) is 21.4 Å². The van der Waals surface area contributed by atoms with Crippen molar-refractivity contribution in [3.63, 3.8) is 0 Å². The van der Waals surface area contributed by atoms with Crippen LogP contribution >= 0.6 is 11.8 Å². The summed E-state index contributed by atoms with van der Waals surface area (Å²) >= 11 is 0.939. The summed E-state index contributed by atoms with van der Waals surface area (Å²) in [6.07, 6.45) is 1.39. The lowest BCUT2D eigenvalue weighted by Gasteiger charge is -2.06. The van der Waals surface area contributed by atoms with Crippen molar-refractivity contribution in [3.05, 3.63) is 68.7 Å². The summed E-state index contributed by atoms with van der Waals surface area (Å²) in [4.78, 5) is 41.0. The highest BCUT2D eigenvalue weighted by Gasteiger charge is 2.16. The van der Waals surface area contributed by atoms with E-state index >= 15 is 0 Å². The van der Waals surface area contributed by atoms with E-state index in [-0.39, 0.29) is 39.3 Å². The predicted octanol–water partition coefficient (Wildman–Crippen LogP) is 2.54. The van der Waals surface area contributed by atoms with Crippen molar-refractivity contribution in [2.45, 2.75) is 5.16 Å². The Bertz CT molecular complexity index is 1130. The molecule has 0 spiro atoms. The van der Waals surface area contributed by atoms with Gasteiger partial charge in [-0.05, 0) is 18.2 Å². The Balaban J connectivity index is 1.73. The minimum Gasteiger partial charge on any atom is -0.463 e. The first-order chi connectivity index (χ1) is 13.5. The van der Waals surface area contributed by atoms with Crippen LogP contribution in [0.25, 0.3) is 11.5 Å². The van der Waals surface area contributed by atoms with Crippen molar-refractivity contribution in [1.29, 1.82) is 5.26 Å². The molecule has 0 atom stereocenters. The second-order valence-corrected chi connectivity index (χ2v) is 6.29. The van der Waals surface area contributed by atoms with E-state index in [4.69, 9.17) is 9.68 Å². The summed E-state index contributed by atoms with van der Waals surface area (Å²) in [7, 11) is 0. The Hall–Kier alpha value is -3.91. The molecule has 140 valence electrons. The zero-order valence-corrected chi connectivity index (χ0v) is 14.9. The van der Waals surface area contributed by atoms with Crippen molar-refractivity contribution in [3.8, 4) is 17.5 Å². The number of hydrogen-bond acceptors (Lipinski definition) is 8. The number of thioether (sulfide) groups is 1. The van der Waals surface area contributed by atoms with Crippen molar-refractivity contribution in [2.75, 3.05) is 11.1 Å². The summed E-state index contributed by atoms with van der Waals surface area (Å²) in [5.41, 5.74) is -0.632. The molecule has 11 heteroatoms. The number of amides is 1. The molecule has 3 rings (SSSR count). The lowest BCUT2D eigenvalue weighted by molar-refractivity contribution is -0.384. The zero-order chi connectivity index (χ0) is 20.1. The van der Waals surface area contributed by atoms with Crippen molar-refractivity contribution in [1.82, 2.24) is 9.97 Å². The van der Waals surface area contributed by atoms with E-state index in [9.17, 15) is 19.7 Å². The number of rotatable bonds is 6. The molecule has 0 aliphatic rings. The smallest absolute Gasteiger partial charge is 0.271 e. The number of anilines is 1. The lowest BCUT2D eigenvalue weighted by Crippen LogP contribution is -2.17. The normalized spacial score (nSPS) is 10.2. The second kappa shape index (κ2) is 8.19. The molecular weight excluding hydrogens is 386 g/mol. The Morgan fingerprint density at radius 3 is 2.89 bits per heavy atom. The highest BCUT2D eigenvalue weighted by atomic mass is 32.2. The van der Waals surface area contributed by atoms with E-state index in [0.717, 1.165) is 11.8 Å². The molecule has 2 heterocycles. The molecule has 1 amide bonds. The quantitative estimate of drug-likeness (QED) is 0.278. The van der Waals surface area contributed by atoms with Gasteiger partial charge in [0.15, 0.2) is 10.9 Å². The molecule has 0 saturated heterocycles. The van der Waals surface area contributed by atoms with Crippen LogP contribution in [0.15, 0.2) is 57.0 Å². The van der Waals surface area contributed by atoms with Gasteiger partial charge >= 0.3 is 0 Å². The molecule has 0 unspecified atom stereocenters. The van der Waals surface area contributed by atoms with Gasteiger partial charge in [0.2, 0.25) is 5.91 Å². The summed E-state index contributed by atoms with van der Waals surface area (Å²) in [5.74, 6) is -0.308. The van der Waals surface area contributed by atoms with Crippen LogP contribution in [0.5, 0.6) is 0 Å². The molecule has 2 aromatic heterocycles. The summed E-state index contributed by atoms with van der Waals surface area (Å²) in [5, 5.41) is 22.6. The van der Waals surface area contributed by atoms with Crippen LogP contribution in [-0.4, -0.2) is 26.6 Å². The fraction of sp³-hybridized carbons (Fsp3) is 0.0588. The molecule has 0 aliphatic carbocycles. The molecular formula is C17H11N5O5S. The molecule has 28 heavy (non-hydrogen) atoms. The number of aromatic amines is 1. The Labute approximate surface area is 161 Å². The molecule has 2 N–H and O–H groups in total. The van der Waals surface area contributed by atoms with E-state index in [2.05, 4.69) is 15.3 Å². The monoisotopic (exact) mass is 397 g/mol. The van der Waals surface area contributed by atoms with Crippen molar-refractivity contribution < 1.29 is 14.1 Å². The minimum absolute atomic E-state index is 0.0813. The van der Waals surface area contributed by atoms with Gasteiger partial charge in [-0.3, -0.25) is 19.7 Å². The fourth-order valence-electron chi connectivity index (χ4n) is 2.24. The maximum atomic E-state index is 12.1. The van der Waals surface area contributed by atoms with Crippen LogP contribution < -0.4 is 10.9 Å². The van der Waals surface area contributed by atoms with Crippen molar-refractivity contribution >= 4 is 29.0 Å². The summed E-state index contributed by atoms with van der Waals surface area (Å²) in [6.45, 7) is 0. The van der Waals surface area contributed by atoms with Gasteiger partial charge in [0.25, 0.3) is 11.2 Å². The number of hydrogen-bond donors (Lipinski definition) is 2. The number of nitriles is 1. The first-order valence-electron chi connectivity index (χ1n) is 7.73. The second-order valence-electron chi connectivity index (χ2n) is 5.33. The average molecular weight is 397 g/mol.